The third kappa shape index (κ3) is 3.44. The highest BCUT2D eigenvalue weighted by molar-refractivity contribution is 6.00. The summed E-state index contributed by atoms with van der Waals surface area (Å²) < 4.78 is 0. The van der Waals surface area contributed by atoms with E-state index in [1.807, 2.05) is 0 Å². The van der Waals surface area contributed by atoms with Gasteiger partial charge in [0.15, 0.2) is 0 Å². The Balaban J connectivity index is 1.65. The van der Waals surface area contributed by atoms with Crippen LogP contribution in [0.4, 0.5) is 5.69 Å². The largest absolute Gasteiger partial charge is 0.733 e. The summed E-state index contributed by atoms with van der Waals surface area (Å²) in [5, 5.41) is 41.9. The van der Waals surface area contributed by atoms with Crippen molar-refractivity contribution in [3.8, 4) is 5.75 Å². The van der Waals surface area contributed by atoms with Gasteiger partial charge in [-0.2, -0.15) is 0 Å². The van der Waals surface area contributed by atoms with Crippen LogP contribution in [0.15, 0.2) is 48.7 Å². The van der Waals surface area contributed by atoms with Crippen LogP contribution in [0, 0.1) is 5.21 Å². The number of benzene rings is 2. The second-order valence-corrected chi connectivity index (χ2v) is 7.98. The Morgan fingerprint density at radius 3 is 2.50 bits per heavy atom. The number of nitrogens with one attached hydrogen (secondary N) is 1. The molecule has 0 bridgehead atoms. The summed E-state index contributed by atoms with van der Waals surface area (Å²) in [6, 6.07) is 9.89. The Labute approximate surface area is 183 Å². The number of hydrogen-bond donors (Lipinski definition) is 4. The zero-order valence-corrected chi connectivity index (χ0v) is 17.5. The zero-order valence-electron chi connectivity index (χ0n) is 17.5. The molecule has 1 aliphatic rings. The van der Waals surface area contributed by atoms with E-state index in [0.717, 1.165) is 4.90 Å². The summed E-state index contributed by atoms with van der Waals surface area (Å²) in [4.78, 5) is 31.6. The van der Waals surface area contributed by atoms with E-state index in [1.54, 1.807) is 30.5 Å². The number of aromatic nitrogens is 1. The monoisotopic (exact) mass is 439 g/mol. The molecule has 1 aromatic heterocycles. The molecule has 4 N–H and O–H groups in total. The van der Waals surface area contributed by atoms with Crippen molar-refractivity contribution in [2.75, 3.05) is 19.3 Å². The zero-order chi connectivity index (χ0) is 23.2. The molecule has 2 atom stereocenters. The first-order chi connectivity index (χ1) is 15.1. The van der Waals surface area contributed by atoms with Gasteiger partial charge in [0.2, 0.25) is 11.6 Å². The van der Waals surface area contributed by atoms with Crippen LogP contribution >= 0.6 is 0 Å². The molecular formula is C22H23N4O6-. The first-order valence-electron chi connectivity index (χ1n) is 9.94. The van der Waals surface area contributed by atoms with Crippen LogP contribution in [-0.2, 0) is 22.4 Å². The molecule has 0 saturated carbocycles. The summed E-state index contributed by atoms with van der Waals surface area (Å²) in [6.45, 7) is 0. The lowest BCUT2D eigenvalue weighted by molar-refractivity contribution is -0.194. The summed E-state index contributed by atoms with van der Waals surface area (Å²) in [5.41, 5.74) is -0.317. The number of aliphatic hydroxyl groups is 1. The molecule has 2 amide bonds. The number of amides is 2. The SMILES string of the molecule is CN1C(=O)[C@](O)(Cc2ccc(O)cc2)N(C)C(=O)[C@@H]1Cc1c[nH]c2cccc(N([O-])O)c12. The number of H-pyrrole nitrogens is 1. The van der Waals surface area contributed by atoms with Crippen LogP contribution in [0.1, 0.15) is 11.1 Å². The number of aromatic hydroxyl groups is 1. The Hall–Kier alpha value is -3.60. The first kappa shape index (κ1) is 21.6. The number of anilines is 1. The number of phenolic OH excluding ortho intramolecular Hbond substituents is 1. The Kier molecular flexibility index (Phi) is 5.29. The molecule has 10 nitrogen and oxygen atoms in total. The highest BCUT2D eigenvalue weighted by Gasteiger charge is 2.52. The third-order valence-corrected chi connectivity index (χ3v) is 6.07. The molecule has 4 rings (SSSR count). The fraction of sp³-hybridized carbons (Fsp3) is 0.273. The minimum Gasteiger partial charge on any atom is -0.733 e. The molecule has 1 fully saturated rings. The smallest absolute Gasteiger partial charge is 0.276 e. The minimum absolute atomic E-state index is 0.0215. The van der Waals surface area contributed by atoms with Gasteiger partial charge in [0.1, 0.15) is 11.8 Å². The number of carbonyl (C=O) groups is 2. The fourth-order valence-corrected chi connectivity index (χ4v) is 4.22. The van der Waals surface area contributed by atoms with Crippen molar-refractivity contribution in [1.29, 1.82) is 0 Å². The van der Waals surface area contributed by atoms with E-state index in [0.29, 0.717) is 22.0 Å². The van der Waals surface area contributed by atoms with Crippen molar-refractivity contribution in [3.05, 3.63) is 65.0 Å². The Bertz CT molecular complexity index is 1170. The fourth-order valence-electron chi connectivity index (χ4n) is 4.22. The molecule has 0 radical (unpaired) electrons. The van der Waals surface area contributed by atoms with Gasteiger partial charge < -0.3 is 35.4 Å². The summed E-state index contributed by atoms with van der Waals surface area (Å²) in [6.07, 6.45) is 1.56. The van der Waals surface area contributed by atoms with Crippen LogP contribution in [0.5, 0.6) is 5.75 Å². The molecule has 168 valence electrons. The van der Waals surface area contributed by atoms with E-state index in [-0.39, 0.29) is 29.5 Å². The van der Waals surface area contributed by atoms with Crippen LogP contribution < -0.4 is 5.23 Å². The molecule has 32 heavy (non-hydrogen) atoms. The number of carbonyl (C=O) groups excluding carboxylic acids is 2. The Morgan fingerprint density at radius 2 is 1.84 bits per heavy atom. The lowest BCUT2D eigenvalue weighted by atomic mass is 9.92. The maximum atomic E-state index is 13.2. The highest BCUT2D eigenvalue weighted by Crippen LogP contribution is 2.33. The molecule has 2 aromatic carbocycles. The van der Waals surface area contributed by atoms with E-state index in [4.69, 9.17) is 0 Å². The summed E-state index contributed by atoms with van der Waals surface area (Å²) in [7, 11) is 2.82. The number of fused-ring (bicyclic) bond motifs is 1. The normalized spacial score (nSPS) is 21.5. The van der Waals surface area contributed by atoms with Gasteiger partial charge in [0.25, 0.3) is 5.91 Å². The maximum absolute atomic E-state index is 13.2. The summed E-state index contributed by atoms with van der Waals surface area (Å²) >= 11 is 0. The number of piperazine rings is 1. The standard InChI is InChI=1S/C22H23N4O6/c1-24-18(10-14-12-23-16-4-3-5-17(19(14)16)26(31)32)20(28)25(2)22(30,21(24)29)11-13-6-8-15(27)9-7-13/h3-9,12,18,23,27,30-31H,10-11H2,1-2H3/q-1/t18-,22+/m0/s1. The number of rotatable bonds is 5. The molecule has 1 aliphatic heterocycles. The molecule has 0 aliphatic carbocycles. The first-order valence-corrected chi connectivity index (χ1v) is 9.94. The average molecular weight is 439 g/mol. The number of hydrogen-bond acceptors (Lipinski definition) is 7. The lowest BCUT2D eigenvalue weighted by Gasteiger charge is -2.47. The van der Waals surface area contributed by atoms with Gasteiger partial charge in [-0.25, -0.2) is 0 Å². The molecule has 0 unspecified atom stereocenters. The molecule has 2 heterocycles. The molecule has 1 saturated heterocycles. The Morgan fingerprint density at radius 1 is 1.16 bits per heavy atom. The van der Waals surface area contributed by atoms with Gasteiger partial charge in [-0.05, 0) is 35.4 Å². The minimum atomic E-state index is -2.08. The van der Waals surface area contributed by atoms with Gasteiger partial charge in [-0.1, -0.05) is 18.2 Å². The van der Waals surface area contributed by atoms with Gasteiger partial charge in [-0.15, -0.1) is 0 Å². The van der Waals surface area contributed by atoms with Gasteiger partial charge >= 0.3 is 0 Å². The predicted octanol–water partition coefficient (Wildman–Crippen LogP) is 1.34. The van der Waals surface area contributed by atoms with Crippen LogP contribution in [-0.4, -0.2) is 67.9 Å². The molecular weight excluding hydrogens is 416 g/mol. The van der Waals surface area contributed by atoms with Gasteiger partial charge in [0, 0.05) is 44.0 Å². The maximum Gasteiger partial charge on any atom is 0.276 e. The van der Waals surface area contributed by atoms with Crippen LogP contribution in [0.2, 0.25) is 0 Å². The van der Waals surface area contributed by atoms with E-state index >= 15 is 0 Å². The van der Waals surface area contributed by atoms with E-state index in [2.05, 4.69) is 4.98 Å². The lowest BCUT2D eigenvalue weighted by Crippen LogP contribution is -2.70. The second-order valence-electron chi connectivity index (χ2n) is 7.98. The number of phenols is 1. The van der Waals surface area contributed by atoms with Crippen LogP contribution in [0.3, 0.4) is 0 Å². The van der Waals surface area contributed by atoms with Crippen molar-refractivity contribution < 1.29 is 25.0 Å². The van der Waals surface area contributed by atoms with Crippen molar-refractivity contribution >= 4 is 28.4 Å². The van der Waals surface area contributed by atoms with Crippen molar-refractivity contribution in [2.24, 2.45) is 0 Å². The molecule has 10 heteroatoms. The molecule has 0 spiro atoms. The van der Waals surface area contributed by atoms with E-state index < -0.39 is 23.6 Å². The van der Waals surface area contributed by atoms with Crippen LogP contribution in [0.25, 0.3) is 10.9 Å². The second kappa shape index (κ2) is 7.83. The number of likely N-dealkylation sites (N-methyl/N-ethyl adjacent to an activating group) is 2. The van der Waals surface area contributed by atoms with Crippen molar-refractivity contribution in [1.82, 2.24) is 14.8 Å². The topological polar surface area (TPSA) is 143 Å². The van der Waals surface area contributed by atoms with Crippen molar-refractivity contribution in [2.45, 2.75) is 24.6 Å². The summed E-state index contributed by atoms with van der Waals surface area (Å²) in [5.74, 6) is -1.07. The number of aromatic amines is 1. The molecule has 3 aromatic rings. The number of nitrogens with zero attached hydrogens (tertiary/aromatic N) is 3. The predicted molar refractivity (Wildman–Crippen MR) is 116 cm³/mol. The average Bonchev–Trinajstić information content (AvgIpc) is 3.19. The van der Waals surface area contributed by atoms with E-state index in [9.17, 15) is 30.2 Å². The quantitative estimate of drug-likeness (QED) is 0.439. The highest BCUT2D eigenvalue weighted by atomic mass is 16.8. The van der Waals surface area contributed by atoms with Gasteiger partial charge in [0.05, 0.1) is 5.69 Å². The van der Waals surface area contributed by atoms with E-state index in [1.165, 1.54) is 37.2 Å². The van der Waals surface area contributed by atoms with Gasteiger partial charge in [-0.3, -0.25) is 14.8 Å². The third-order valence-electron chi connectivity index (χ3n) is 6.07. The van der Waals surface area contributed by atoms with Crippen molar-refractivity contribution in [3.63, 3.8) is 0 Å².